The van der Waals surface area contributed by atoms with Crippen molar-refractivity contribution in [1.29, 1.82) is 0 Å². The van der Waals surface area contributed by atoms with Gasteiger partial charge in [-0.1, -0.05) is 0 Å². The van der Waals surface area contributed by atoms with E-state index in [2.05, 4.69) is 15.0 Å². The number of carbonyl (C=O) groups excluding carboxylic acids is 1. The lowest BCUT2D eigenvalue weighted by molar-refractivity contribution is -0.153. The average molecular weight is 425 g/mol. The fraction of sp³-hybridized carbons (Fsp3) is 0.500. The SMILES string of the molecule is CN(C)CCN(CC(=O)OC(C)(C)C)c1cc(C(F)(F)F)nc(-c2cccnc2)n1. The Bertz CT molecular complexity index is 852. The van der Waals surface area contributed by atoms with Crippen molar-refractivity contribution in [1.82, 2.24) is 19.9 Å². The molecule has 0 saturated heterocycles. The number of halogens is 3. The molecule has 0 aliphatic heterocycles. The van der Waals surface area contributed by atoms with Crippen LogP contribution >= 0.6 is 0 Å². The van der Waals surface area contributed by atoms with Crippen LogP contribution in [0.5, 0.6) is 0 Å². The molecule has 2 rings (SSSR count). The van der Waals surface area contributed by atoms with Gasteiger partial charge in [0.2, 0.25) is 0 Å². The van der Waals surface area contributed by atoms with Gasteiger partial charge in [-0.15, -0.1) is 0 Å². The number of rotatable bonds is 7. The number of hydrogen-bond donors (Lipinski definition) is 0. The molecule has 10 heteroatoms. The highest BCUT2D eigenvalue weighted by Gasteiger charge is 2.34. The average Bonchev–Trinajstić information content (AvgIpc) is 2.63. The van der Waals surface area contributed by atoms with E-state index in [1.54, 1.807) is 32.9 Å². The second-order valence-corrected chi connectivity index (χ2v) is 7.99. The first kappa shape index (κ1) is 23.5. The molecule has 2 aromatic rings. The Labute approximate surface area is 173 Å². The van der Waals surface area contributed by atoms with Crippen LogP contribution in [0.1, 0.15) is 26.5 Å². The molecule has 0 unspecified atom stereocenters. The van der Waals surface area contributed by atoms with Crippen molar-refractivity contribution in [2.24, 2.45) is 0 Å². The van der Waals surface area contributed by atoms with E-state index in [4.69, 9.17) is 4.74 Å². The lowest BCUT2D eigenvalue weighted by atomic mass is 10.2. The molecule has 0 aliphatic carbocycles. The van der Waals surface area contributed by atoms with E-state index in [1.807, 2.05) is 19.0 Å². The minimum absolute atomic E-state index is 0.0103. The second kappa shape index (κ2) is 9.38. The van der Waals surface area contributed by atoms with Gasteiger partial charge in [-0.2, -0.15) is 13.2 Å². The summed E-state index contributed by atoms with van der Waals surface area (Å²) in [6, 6.07) is 4.01. The van der Waals surface area contributed by atoms with Crippen molar-refractivity contribution in [3.63, 3.8) is 0 Å². The van der Waals surface area contributed by atoms with E-state index in [-0.39, 0.29) is 24.7 Å². The van der Waals surface area contributed by atoms with Gasteiger partial charge in [-0.25, -0.2) is 9.97 Å². The lowest BCUT2D eigenvalue weighted by Gasteiger charge is -2.27. The zero-order chi connectivity index (χ0) is 22.5. The van der Waals surface area contributed by atoms with Crippen molar-refractivity contribution in [3.8, 4) is 11.4 Å². The summed E-state index contributed by atoms with van der Waals surface area (Å²) in [5.74, 6) is -0.688. The number of ether oxygens (including phenoxy) is 1. The first-order valence-corrected chi connectivity index (χ1v) is 9.33. The van der Waals surface area contributed by atoms with Crippen LogP contribution in [0, 0.1) is 0 Å². The highest BCUT2D eigenvalue weighted by molar-refractivity contribution is 5.76. The fourth-order valence-electron chi connectivity index (χ4n) is 2.49. The van der Waals surface area contributed by atoms with Crippen molar-refractivity contribution in [3.05, 3.63) is 36.3 Å². The normalized spacial score (nSPS) is 12.2. The molecule has 2 heterocycles. The van der Waals surface area contributed by atoms with Crippen LogP contribution in [-0.4, -0.2) is 65.2 Å². The minimum atomic E-state index is -4.67. The summed E-state index contributed by atoms with van der Waals surface area (Å²) in [5.41, 5.74) is -1.46. The number of hydrogen-bond acceptors (Lipinski definition) is 7. The highest BCUT2D eigenvalue weighted by atomic mass is 19.4. The van der Waals surface area contributed by atoms with Crippen LogP contribution in [0.4, 0.5) is 19.0 Å². The monoisotopic (exact) mass is 425 g/mol. The van der Waals surface area contributed by atoms with E-state index in [0.717, 1.165) is 6.07 Å². The summed E-state index contributed by atoms with van der Waals surface area (Å²) >= 11 is 0. The number of esters is 1. The Hall–Kier alpha value is -2.75. The van der Waals surface area contributed by atoms with Gasteiger partial charge in [0.25, 0.3) is 0 Å². The summed E-state index contributed by atoms with van der Waals surface area (Å²) in [5, 5.41) is 0. The standard InChI is InChI=1S/C20H26F3N5O2/c1-19(2,3)30-17(29)13-28(10-9-27(4)5)16-11-15(20(21,22)23)25-18(26-16)14-7-6-8-24-12-14/h6-8,11-12H,9-10,13H2,1-5H3. The number of anilines is 1. The van der Waals surface area contributed by atoms with E-state index < -0.39 is 23.4 Å². The lowest BCUT2D eigenvalue weighted by Crippen LogP contribution is -2.39. The zero-order valence-corrected chi connectivity index (χ0v) is 17.7. The van der Waals surface area contributed by atoms with Crippen molar-refractivity contribution < 1.29 is 22.7 Å². The molecule has 7 nitrogen and oxygen atoms in total. The number of alkyl halides is 3. The number of nitrogens with zero attached hydrogens (tertiary/aromatic N) is 5. The number of likely N-dealkylation sites (N-methyl/N-ethyl adjacent to an activating group) is 1. The maximum atomic E-state index is 13.5. The van der Waals surface area contributed by atoms with Crippen LogP contribution in [-0.2, 0) is 15.7 Å². The Kier molecular flexibility index (Phi) is 7.35. The molecule has 0 N–H and O–H groups in total. The quantitative estimate of drug-likeness (QED) is 0.631. The second-order valence-electron chi connectivity index (χ2n) is 7.99. The van der Waals surface area contributed by atoms with Gasteiger partial charge in [-0.05, 0) is 47.0 Å². The predicted molar refractivity (Wildman–Crippen MR) is 107 cm³/mol. The molecule has 0 radical (unpaired) electrons. The van der Waals surface area contributed by atoms with Gasteiger partial charge in [0.05, 0.1) is 0 Å². The van der Waals surface area contributed by atoms with Crippen LogP contribution in [0.15, 0.2) is 30.6 Å². The van der Waals surface area contributed by atoms with Gasteiger partial charge < -0.3 is 14.5 Å². The van der Waals surface area contributed by atoms with E-state index in [0.29, 0.717) is 12.1 Å². The third kappa shape index (κ3) is 7.25. The molecule has 0 amide bonds. The molecule has 0 saturated carbocycles. The molecule has 0 aliphatic rings. The van der Waals surface area contributed by atoms with Gasteiger partial charge in [0.1, 0.15) is 18.0 Å². The molecule has 0 bridgehead atoms. The molecule has 164 valence electrons. The third-order valence-corrected chi connectivity index (χ3v) is 3.80. The topological polar surface area (TPSA) is 71.5 Å². The van der Waals surface area contributed by atoms with E-state index >= 15 is 0 Å². The summed E-state index contributed by atoms with van der Waals surface area (Å²) in [4.78, 5) is 27.6. The molecule has 0 atom stereocenters. The number of pyridine rings is 1. The molecule has 30 heavy (non-hydrogen) atoms. The molecule has 0 fully saturated rings. The molecule has 0 aromatic carbocycles. The van der Waals surface area contributed by atoms with Gasteiger partial charge in [0.15, 0.2) is 11.5 Å². The summed E-state index contributed by atoms with van der Waals surface area (Å²) < 4.78 is 45.8. The Morgan fingerprint density at radius 2 is 1.83 bits per heavy atom. The van der Waals surface area contributed by atoms with E-state index in [9.17, 15) is 18.0 Å². The van der Waals surface area contributed by atoms with E-state index in [1.165, 1.54) is 17.3 Å². The molecular formula is C20H26F3N5O2. The Balaban J connectivity index is 2.47. The summed E-state index contributed by atoms with van der Waals surface area (Å²) in [6.45, 7) is 5.70. The maximum absolute atomic E-state index is 13.5. The van der Waals surface area contributed by atoms with Gasteiger partial charge in [-0.3, -0.25) is 9.78 Å². The molecule has 0 spiro atoms. The van der Waals surface area contributed by atoms with Gasteiger partial charge >= 0.3 is 12.1 Å². The predicted octanol–water partition coefficient (Wildman–Crippen LogP) is 3.27. The van der Waals surface area contributed by atoms with Crippen LogP contribution in [0.2, 0.25) is 0 Å². The minimum Gasteiger partial charge on any atom is -0.459 e. The number of aromatic nitrogens is 3. The number of carbonyl (C=O) groups is 1. The zero-order valence-electron chi connectivity index (χ0n) is 17.7. The van der Waals surface area contributed by atoms with Crippen LogP contribution < -0.4 is 4.90 Å². The maximum Gasteiger partial charge on any atom is 0.433 e. The van der Waals surface area contributed by atoms with Crippen molar-refractivity contribution >= 4 is 11.8 Å². The highest BCUT2D eigenvalue weighted by Crippen LogP contribution is 2.31. The third-order valence-electron chi connectivity index (χ3n) is 3.80. The first-order chi connectivity index (χ1) is 13.8. The van der Waals surface area contributed by atoms with Crippen LogP contribution in [0.3, 0.4) is 0 Å². The Morgan fingerprint density at radius 1 is 1.13 bits per heavy atom. The smallest absolute Gasteiger partial charge is 0.433 e. The van der Waals surface area contributed by atoms with Crippen LogP contribution in [0.25, 0.3) is 11.4 Å². The molecule has 2 aromatic heterocycles. The Morgan fingerprint density at radius 3 is 2.37 bits per heavy atom. The summed E-state index contributed by atoms with van der Waals surface area (Å²) in [7, 11) is 3.65. The first-order valence-electron chi connectivity index (χ1n) is 9.33. The fourth-order valence-corrected chi connectivity index (χ4v) is 2.49. The summed E-state index contributed by atoms with van der Waals surface area (Å²) in [6.07, 6.45) is -1.78. The van der Waals surface area contributed by atoms with Crippen molar-refractivity contribution in [2.75, 3.05) is 38.6 Å². The van der Waals surface area contributed by atoms with Crippen molar-refractivity contribution in [2.45, 2.75) is 32.5 Å². The largest absolute Gasteiger partial charge is 0.459 e. The molecular weight excluding hydrogens is 399 g/mol. The van der Waals surface area contributed by atoms with Gasteiger partial charge in [0, 0.05) is 37.1 Å².